The van der Waals surface area contributed by atoms with Gasteiger partial charge in [0, 0.05) is 4.47 Å². The maximum absolute atomic E-state index is 12.0. The molecule has 1 aromatic carbocycles. The van der Waals surface area contributed by atoms with Crippen LogP contribution in [0.15, 0.2) is 41.4 Å². The highest BCUT2D eigenvalue weighted by Gasteiger charge is 2.14. The molecule has 0 fully saturated rings. The Labute approximate surface area is 113 Å². The highest BCUT2D eigenvalue weighted by Crippen LogP contribution is 2.21. The zero-order valence-electron chi connectivity index (χ0n) is 9.88. The number of rotatable bonds is 4. The van der Waals surface area contributed by atoms with Crippen LogP contribution < -0.4 is 5.32 Å². The minimum Gasteiger partial charge on any atom is -0.325 e. The molecule has 0 saturated carbocycles. The first-order valence-electron chi connectivity index (χ1n) is 5.54. The summed E-state index contributed by atoms with van der Waals surface area (Å²) >= 11 is 3.39. The molecule has 2 aromatic rings. The standard InChI is InChI=1S/C12H13BrN4O/c1-9(6-17-8-14-7-15-17)12(18)16-11-5-3-2-4-10(11)13/h2-5,7-9H,6H2,1H3,(H,16,18)/t9-/m1/s1. The Balaban J connectivity index is 1.98. The van der Waals surface area contributed by atoms with Crippen molar-refractivity contribution in [1.82, 2.24) is 14.8 Å². The Kier molecular flexibility index (Phi) is 4.09. The van der Waals surface area contributed by atoms with Gasteiger partial charge in [0.1, 0.15) is 12.7 Å². The highest BCUT2D eigenvalue weighted by atomic mass is 79.9. The Bertz CT molecular complexity index is 527. The molecule has 18 heavy (non-hydrogen) atoms. The summed E-state index contributed by atoms with van der Waals surface area (Å²) < 4.78 is 2.51. The Morgan fingerprint density at radius 3 is 2.94 bits per heavy atom. The second-order valence-electron chi connectivity index (χ2n) is 3.99. The van der Waals surface area contributed by atoms with Crippen LogP contribution in [-0.2, 0) is 11.3 Å². The number of para-hydroxylation sites is 1. The van der Waals surface area contributed by atoms with Crippen LogP contribution in [0.2, 0.25) is 0 Å². The van der Waals surface area contributed by atoms with Crippen molar-refractivity contribution in [1.29, 1.82) is 0 Å². The normalized spacial score (nSPS) is 12.1. The Morgan fingerprint density at radius 2 is 2.28 bits per heavy atom. The summed E-state index contributed by atoms with van der Waals surface area (Å²) in [4.78, 5) is 15.8. The van der Waals surface area contributed by atoms with E-state index >= 15 is 0 Å². The molecule has 5 nitrogen and oxygen atoms in total. The summed E-state index contributed by atoms with van der Waals surface area (Å²) in [6.45, 7) is 2.37. The van der Waals surface area contributed by atoms with Gasteiger partial charge in [-0.3, -0.25) is 9.48 Å². The predicted molar refractivity (Wildman–Crippen MR) is 72.0 cm³/mol. The number of anilines is 1. The van der Waals surface area contributed by atoms with Crippen molar-refractivity contribution in [3.8, 4) is 0 Å². The van der Waals surface area contributed by atoms with E-state index in [1.54, 1.807) is 11.0 Å². The van der Waals surface area contributed by atoms with E-state index in [-0.39, 0.29) is 11.8 Å². The van der Waals surface area contributed by atoms with Crippen LogP contribution in [0.1, 0.15) is 6.92 Å². The van der Waals surface area contributed by atoms with Crippen molar-refractivity contribution in [2.75, 3.05) is 5.32 Å². The van der Waals surface area contributed by atoms with Crippen molar-refractivity contribution in [3.05, 3.63) is 41.4 Å². The number of amides is 1. The molecule has 0 aliphatic rings. The molecule has 0 spiro atoms. The van der Waals surface area contributed by atoms with Gasteiger partial charge in [-0.2, -0.15) is 5.10 Å². The van der Waals surface area contributed by atoms with Gasteiger partial charge in [0.2, 0.25) is 5.91 Å². The lowest BCUT2D eigenvalue weighted by molar-refractivity contribution is -0.119. The summed E-state index contributed by atoms with van der Waals surface area (Å²) in [5, 5.41) is 6.85. The molecule has 0 aliphatic carbocycles. The molecule has 1 amide bonds. The first kappa shape index (κ1) is 12.8. The molecule has 0 radical (unpaired) electrons. The lowest BCUT2D eigenvalue weighted by Gasteiger charge is -2.12. The number of hydrogen-bond acceptors (Lipinski definition) is 3. The molecule has 6 heteroatoms. The lowest BCUT2D eigenvalue weighted by Crippen LogP contribution is -2.24. The van der Waals surface area contributed by atoms with Crippen LogP contribution in [0.25, 0.3) is 0 Å². The fourth-order valence-electron chi connectivity index (χ4n) is 1.51. The van der Waals surface area contributed by atoms with Crippen molar-refractivity contribution in [3.63, 3.8) is 0 Å². The van der Waals surface area contributed by atoms with Gasteiger partial charge in [0.15, 0.2) is 0 Å². The second-order valence-corrected chi connectivity index (χ2v) is 4.84. The van der Waals surface area contributed by atoms with E-state index in [1.807, 2.05) is 31.2 Å². The summed E-state index contributed by atoms with van der Waals surface area (Å²) in [5.74, 6) is -0.226. The van der Waals surface area contributed by atoms with E-state index in [2.05, 4.69) is 31.3 Å². The van der Waals surface area contributed by atoms with Crippen molar-refractivity contribution in [2.24, 2.45) is 5.92 Å². The van der Waals surface area contributed by atoms with Gasteiger partial charge in [-0.15, -0.1) is 0 Å². The third-order valence-electron chi connectivity index (χ3n) is 2.51. The topological polar surface area (TPSA) is 59.8 Å². The number of benzene rings is 1. The van der Waals surface area contributed by atoms with Gasteiger partial charge in [0.05, 0.1) is 18.2 Å². The predicted octanol–water partition coefficient (Wildman–Crippen LogP) is 2.32. The van der Waals surface area contributed by atoms with E-state index in [0.717, 1.165) is 10.2 Å². The van der Waals surface area contributed by atoms with Crippen molar-refractivity contribution < 1.29 is 4.79 Å². The number of hydrogen-bond donors (Lipinski definition) is 1. The Hall–Kier alpha value is -1.69. The van der Waals surface area contributed by atoms with Crippen LogP contribution >= 0.6 is 15.9 Å². The van der Waals surface area contributed by atoms with Gasteiger partial charge in [0.25, 0.3) is 0 Å². The summed E-state index contributed by atoms with van der Waals surface area (Å²) in [6.07, 6.45) is 3.06. The van der Waals surface area contributed by atoms with Crippen LogP contribution in [0.5, 0.6) is 0 Å². The van der Waals surface area contributed by atoms with Crippen LogP contribution in [0, 0.1) is 5.92 Å². The molecule has 1 atom stereocenters. The molecule has 2 rings (SSSR count). The fourth-order valence-corrected chi connectivity index (χ4v) is 1.89. The van der Waals surface area contributed by atoms with Gasteiger partial charge < -0.3 is 5.32 Å². The molecule has 0 unspecified atom stereocenters. The van der Waals surface area contributed by atoms with Gasteiger partial charge >= 0.3 is 0 Å². The molecule has 0 aliphatic heterocycles. The van der Waals surface area contributed by atoms with Crippen LogP contribution in [-0.4, -0.2) is 20.7 Å². The number of nitrogens with one attached hydrogen (secondary N) is 1. The number of carbonyl (C=O) groups is 1. The fraction of sp³-hybridized carbons (Fsp3) is 0.250. The Morgan fingerprint density at radius 1 is 1.50 bits per heavy atom. The maximum Gasteiger partial charge on any atom is 0.229 e. The molecule has 1 heterocycles. The van der Waals surface area contributed by atoms with Crippen molar-refractivity contribution in [2.45, 2.75) is 13.5 Å². The number of halogens is 1. The molecular weight excluding hydrogens is 296 g/mol. The van der Waals surface area contributed by atoms with Crippen LogP contribution in [0.4, 0.5) is 5.69 Å². The number of carbonyl (C=O) groups excluding carboxylic acids is 1. The van der Waals surface area contributed by atoms with Gasteiger partial charge in [-0.05, 0) is 28.1 Å². The van der Waals surface area contributed by atoms with Gasteiger partial charge in [-0.25, -0.2) is 4.98 Å². The average molecular weight is 309 g/mol. The second kappa shape index (κ2) is 5.77. The summed E-state index contributed by atoms with van der Waals surface area (Å²) in [5.41, 5.74) is 0.771. The average Bonchev–Trinajstić information content (AvgIpc) is 2.84. The largest absolute Gasteiger partial charge is 0.325 e. The highest BCUT2D eigenvalue weighted by molar-refractivity contribution is 9.10. The molecular formula is C12H13BrN4O. The first-order valence-corrected chi connectivity index (χ1v) is 6.34. The summed E-state index contributed by atoms with van der Waals surface area (Å²) in [6, 6.07) is 7.52. The summed E-state index contributed by atoms with van der Waals surface area (Å²) in [7, 11) is 0. The van der Waals surface area contributed by atoms with Gasteiger partial charge in [-0.1, -0.05) is 19.1 Å². The molecule has 94 valence electrons. The van der Waals surface area contributed by atoms with E-state index in [1.165, 1.54) is 6.33 Å². The van der Waals surface area contributed by atoms with E-state index in [0.29, 0.717) is 6.54 Å². The SMILES string of the molecule is C[C@H](Cn1cncn1)C(=O)Nc1ccccc1Br. The smallest absolute Gasteiger partial charge is 0.229 e. The van der Waals surface area contributed by atoms with E-state index < -0.39 is 0 Å². The maximum atomic E-state index is 12.0. The lowest BCUT2D eigenvalue weighted by atomic mass is 10.1. The monoisotopic (exact) mass is 308 g/mol. The zero-order valence-corrected chi connectivity index (χ0v) is 11.5. The minimum atomic E-state index is -0.182. The third kappa shape index (κ3) is 3.16. The van der Waals surface area contributed by atoms with E-state index in [4.69, 9.17) is 0 Å². The van der Waals surface area contributed by atoms with Crippen LogP contribution in [0.3, 0.4) is 0 Å². The molecule has 1 aromatic heterocycles. The number of nitrogens with zero attached hydrogens (tertiary/aromatic N) is 3. The first-order chi connectivity index (χ1) is 8.66. The number of aromatic nitrogens is 3. The van der Waals surface area contributed by atoms with E-state index in [9.17, 15) is 4.79 Å². The minimum absolute atomic E-state index is 0.0441. The third-order valence-corrected chi connectivity index (χ3v) is 3.20. The van der Waals surface area contributed by atoms with Crippen molar-refractivity contribution >= 4 is 27.5 Å². The zero-order chi connectivity index (χ0) is 13.0. The molecule has 0 bridgehead atoms. The molecule has 0 saturated heterocycles. The quantitative estimate of drug-likeness (QED) is 0.943. The molecule has 1 N–H and O–H groups in total.